The second kappa shape index (κ2) is 9.25. The van der Waals surface area contributed by atoms with Gasteiger partial charge in [-0.3, -0.25) is 4.79 Å². The Hall–Kier alpha value is -2.62. The minimum Gasteiger partial charge on any atom is -0.344 e. The number of aromatic nitrogens is 4. The van der Waals surface area contributed by atoms with Crippen LogP contribution in [0.5, 0.6) is 0 Å². The molecule has 0 spiro atoms. The minimum absolute atomic E-state index is 0.123. The number of carbonyl (C=O) groups excluding carboxylic acids is 1. The lowest BCUT2D eigenvalue weighted by Crippen LogP contribution is -2.33. The molecule has 0 atom stereocenters. The Morgan fingerprint density at radius 1 is 1.13 bits per heavy atom. The Morgan fingerprint density at radius 2 is 1.97 bits per heavy atom. The summed E-state index contributed by atoms with van der Waals surface area (Å²) in [5, 5.41) is 2.94. The van der Waals surface area contributed by atoms with Crippen LogP contribution in [0.2, 0.25) is 0 Å². The second-order valence-electron chi connectivity index (χ2n) is 7.85. The topological polar surface area (TPSA) is 78.0 Å². The van der Waals surface area contributed by atoms with Crippen LogP contribution in [0.1, 0.15) is 17.9 Å². The molecule has 0 fully saturated rings. The van der Waals surface area contributed by atoms with Crippen molar-refractivity contribution < 1.29 is 4.79 Å². The minimum atomic E-state index is 0.123. The molecule has 0 aliphatic rings. The smallest absolute Gasteiger partial charge is 0.222 e. The van der Waals surface area contributed by atoms with Gasteiger partial charge < -0.3 is 14.8 Å². The lowest BCUT2D eigenvalue weighted by molar-refractivity contribution is -0.130. The molecule has 3 heterocycles. The molecule has 0 saturated carbocycles. The van der Waals surface area contributed by atoms with E-state index in [0.717, 1.165) is 50.2 Å². The third-order valence-corrected chi connectivity index (χ3v) is 6.84. The number of aryl methyl sites for hydroxylation is 2. The van der Waals surface area contributed by atoms with Crippen LogP contribution >= 0.6 is 22.7 Å². The van der Waals surface area contributed by atoms with E-state index in [2.05, 4.69) is 25.9 Å². The summed E-state index contributed by atoms with van der Waals surface area (Å²) in [5.41, 5.74) is 6.63. The van der Waals surface area contributed by atoms with Gasteiger partial charge in [-0.05, 0) is 33.2 Å². The molecule has 4 rings (SSSR count). The lowest BCUT2D eigenvalue weighted by Gasteiger charge is -2.19. The zero-order valence-corrected chi connectivity index (χ0v) is 19.8. The molecule has 0 aliphatic carbocycles. The number of benzene rings is 1. The van der Waals surface area contributed by atoms with Crippen LogP contribution in [0, 0.1) is 6.92 Å². The molecule has 31 heavy (non-hydrogen) atoms. The van der Waals surface area contributed by atoms with E-state index >= 15 is 0 Å². The monoisotopic (exact) mass is 454 g/mol. The molecule has 0 aliphatic heterocycles. The second-order valence-corrected chi connectivity index (χ2v) is 9.60. The summed E-state index contributed by atoms with van der Waals surface area (Å²) in [6.07, 6.45) is 0.979. The van der Waals surface area contributed by atoms with Crippen molar-refractivity contribution in [3.63, 3.8) is 0 Å². The van der Waals surface area contributed by atoms with E-state index in [1.54, 1.807) is 27.6 Å². The van der Waals surface area contributed by atoms with Gasteiger partial charge in [0.05, 0.1) is 21.4 Å². The Bertz CT molecular complexity index is 1190. The average molecular weight is 455 g/mol. The molecule has 0 radical (unpaired) electrons. The Kier molecular flexibility index (Phi) is 6.45. The number of hydrogen-bond donors (Lipinski definition) is 1. The molecule has 3 aromatic heterocycles. The summed E-state index contributed by atoms with van der Waals surface area (Å²) in [6.45, 7) is 3.55. The molecule has 1 aromatic carbocycles. The molecule has 0 saturated heterocycles. The number of hydrogen-bond acceptors (Lipinski definition) is 7. The van der Waals surface area contributed by atoms with Crippen molar-refractivity contribution in [2.75, 3.05) is 34.2 Å². The largest absolute Gasteiger partial charge is 0.344 e. The van der Waals surface area contributed by atoms with Crippen LogP contribution in [-0.4, -0.2) is 69.9 Å². The Balaban J connectivity index is 1.58. The average Bonchev–Trinajstić information content (AvgIpc) is 3.48. The van der Waals surface area contributed by atoms with E-state index in [1.165, 1.54) is 0 Å². The fourth-order valence-corrected chi connectivity index (χ4v) is 4.78. The highest BCUT2D eigenvalue weighted by Gasteiger charge is 2.18. The van der Waals surface area contributed by atoms with Gasteiger partial charge in [-0.1, -0.05) is 6.07 Å². The van der Waals surface area contributed by atoms with Gasteiger partial charge in [0.15, 0.2) is 0 Å². The maximum atomic E-state index is 12.5. The number of nitrogens with zero attached hydrogens (tertiary/aromatic N) is 5. The number of likely N-dealkylation sites (N-methyl/N-ethyl adjacent to an activating group) is 2. The van der Waals surface area contributed by atoms with Gasteiger partial charge in [0, 0.05) is 49.6 Å². The molecule has 0 unspecified atom stereocenters. The highest BCUT2D eigenvalue weighted by atomic mass is 32.1. The first-order valence-corrected chi connectivity index (χ1v) is 11.9. The van der Waals surface area contributed by atoms with E-state index in [-0.39, 0.29) is 5.91 Å². The molecule has 1 amide bonds. The fourth-order valence-electron chi connectivity index (χ4n) is 3.27. The number of amides is 1. The summed E-state index contributed by atoms with van der Waals surface area (Å²) < 4.78 is 1.13. The number of fused-ring (bicyclic) bond motifs is 1. The van der Waals surface area contributed by atoms with Crippen molar-refractivity contribution in [3.05, 3.63) is 40.6 Å². The summed E-state index contributed by atoms with van der Waals surface area (Å²) in [4.78, 5) is 33.7. The van der Waals surface area contributed by atoms with Crippen molar-refractivity contribution in [2.24, 2.45) is 0 Å². The fraction of sp³-hybridized carbons (Fsp3) is 0.364. The Labute approximate surface area is 189 Å². The first kappa shape index (κ1) is 21.6. The number of H-pyrrole nitrogens is 1. The predicted molar refractivity (Wildman–Crippen MR) is 128 cm³/mol. The zero-order chi connectivity index (χ0) is 22.0. The lowest BCUT2D eigenvalue weighted by atomic mass is 10.1. The number of nitrogens with one attached hydrogen (secondary N) is 1. The standard InChI is InChI=1S/C22H26N6OS2/c1-14-12-30-22(24-14)21-20(15-5-6-16-17(11-15)31-13-23-16)25-18(26-21)7-8-19(29)28(4)10-9-27(2)3/h5-6,11-13H,7-10H2,1-4H3,(H,25,26). The highest BCUT2D eigenvalue weighted by Crippen LogP contribution is 2.34. The number of thiazole rings is 2. The quantitative estimate of drug-likeness (QED) is 0.434. The normalized spacial score (nSPS) is 11.5. The first-order chi connectivity index (χ1) is 14.9. The predicted octanol–water partition coefficient (Wildman–Crippen LogP) is 4.07. The van der Waals surface area contributed by atoms with E-state index in [4.69, 9.17) is 4.98 Å². The van der Waals surface area contributed by atoms with E-state index < -0.39 is 0 Å². The third-order valence-electron chi connectivity index (χ3n) is 5.07. The highest BCUT2D eigenvalue weighted by molar-refractivity contribution is 7.16. The zero-order valence-electron chi connectivity index (χ0n) is 18.2. The summed E-state index contributed by atoms with van der Waals surface area (Å²) in [5.74, 6) is 0.925. The van der Waals surface area contributed by atoms with Crippen molar-refractivity contribution in [1.82, 2.24) is 29.7 Å². The maximum absolute atomic E-state index is 12.5. The SMILES string of the molecule is Cc1csc(-c2[nH]c(CCC(=O)N(C)CCN(C)C)nc2-c2ccc3ncsc3c2)n1. The summed E-state index contributed by atoms with van der Waals surface area (Å²) in [6, 6.07) is 6.19. The van der Waals surface area contributed by atoms with Crippen LogP contribution in [0.3, 0.4) is 0 Å². The van der Waals surface area contributed by atoms with E-state index in [9.17, 15) is 4.79 Å². The first-order valence-electron chi connectivity index (χ1n) is 10.1. The number of carbonyl (C=O) groups is 1. The molecule has 162 valence electrons. The summed E-state index contributed by atoms with van der Waals surface area (Å²) >= 11 is 3.21. The number of aromatic amines is 1. The van der Waals surface area contributed by atoms with Gasteiger partial charge in [-0.15, -0.1) is 22.7 Å². The molecular weight excluding hydrogens is 428 g/mol. The van der Waals surface area contributed by atoms with Gasteiger partial charge in [-0.25, -0.2) is 15.0 Å². The number of imidazole rings is 1. The van der Waals surface area contributed by atoms with Crippen LogP contribution in [0.15, 0.2) is 29.1 Å². The van der Waals surface area contributed by atoms with Gasteiger partial charge in [0.2, 0.25) is 5.91 Å². The van der Waals surface area contributed by atoms with E-state index in [0.29, 0.717) is 19.4 Å². The summed E-state index contributed by atoms with van der Waals surface area (Å²) in [7, 11) is 5.87. The Morgan fingerprint density at radius 3 is 2.71 bits per heavy atom. The van der Waals surface area contributed by atoms with Crippen molar-refractivity contribution in [1.29, 1.82) is 0 Å². The van der Waals surface area contributed by atoms with Crippen LogP contribution in [0.25, 0.3) is 32.2 Å². The van der Waals surface area contributed by atoms with Crippen LogP contribution < -0.4 is 0 Å². The van der Waals surface area contributed by atoms with Crippen LogP contribution in [-0.2, 0) is 11.2 Å². The van der Waals surface area contributed by atoms with Crippen molar-refractivity contribution in [2.45, 2.75) is 19.8 Å². The van der Waals surface area contributed by atoms with Crippen LogP contribution in [0.4, 0.5) is 0 Å². The molecule has 1 N–H and O–H groups in total. The van der Waals surface area contributed by atoms with Gasteiger partial charge in [0.1, 0.15) is 16.5 Å². The van der Waals surface area contributed by atoms with Gasteiger partial charge in [-0.2, -0.15) is 0 Å². The van der Waals surface area contributed by atoms with Crippen molar-refractivity contribution >= 4 is 38.8 Å². The number of rotatable bonds is 8. The molecule has 4 aromatic rings. The third kappa shape index (κ3) is 5.00. The maximum Gasteiger partial charge on any atom is 0.222 e. The molecule has 9 heteroatoms. The molecular formula is C22H26N6OS2. The molecule has 7 nitrogen and oxygen atoms in total. The van der Waals surface area contributed by atoms with Crippen molar-refractivity contribution in [3.8, 4) is 22.0 Å². The van der Waals surface area contributed by atoms with Gasteiger partial charge >= 0.3 is 0 Å². The van der Waals surface area contributed by atoms with E-state index in [1.807, 2.05) is 51.1 Å². The van der Waals surface area contributed by atoms with Gasteiger partial charge in [0.25, 0.3) is 0 Å². The molecule has 0 bridgehead atoms.